The molecule has 3 rings (SSSR count). The maximum Gasteiger partial charge on any atom is 0.257 e. The minimum Gasteiger partial charge on any atom is -0.507 e. The number of amides is 1. The number of carbonyl (C=O) groups is 1. The first-order valence-corrected chi connectivity index (χ1v) is 6.95. The summed E-state index contributed by atoms with van der Waals surface area (Å²) in [5.74, 6) is -0.0147. The average molecular weight is 270 g/mol. The van der Waals surface area contributed by atoms with Gasteiger partial charge in [0, 0.05) is 31.5 Å². The Kier molecular flexibility index (Phi) is 3.46. The number of phenols is 1. The molecular weight excluding hydrogens is 252 g/mol. The van der Waals surface area contributed by atoms with Crippen molar-refractivity contribution in [1.29, 1.82) is 0 Å². The van der Waals surface area contributed by atoms with Crippen LogP contribution in [0.2, 0.25) is 0 Å². The number of hydrogen-bond acceptors (Lipinski definition) is 2. The van der Waals surface area contributed by atoms with Gasteiger partial charge < -0.3 is 14.6 Å². The highest BCUT2D eigenvalue weighted by molar-refractivity contribution is 5.96. The van der Waals surface area contributed by atoms with Crippen LogP contribution in [0.25, 0.3) is 0 Å². The van der Waals surface area contributed by atoms with Gasteiger partial charge in [-0.3, -0.25) is 4.79 Å². The highest BCUT2D eigenvalue weighted by Crippen LogP contribution is 2.25. The average Bonchev–Trinajstić information content (AvgIpc) is 3.01. The predicted octanol–water partition coefficient (Wildman–Crippen LogP) is 2.67. The number of aromatic nitrogens is 1. The van der Waals surface area contributed by atoms with Crippen LogP contribution in [0.15, 0.2) is 48.8 Å². The molecule has 1 N–H and O–H groups in total. The van der Waals surface area contributed by atoms with Crippen LogP contribution in [0.5, 0.6) is 5.75 Å². The zero-order valence-corrected chi connectivity index (χ0v) is 11.3. The van der Waals surface area contributed by atoms with Crippen molar-refractivity contribution in [3.63, 3.8) is 0 Å². The third kappa shape index (κ3) is 2.41. The number of likely N-dealkylation sites (tertiary alicyclic amines) is 1. The van der Waals surface area contributed by atoms with Crippen molar-refractivity contribution in [2.24, 2.45) is 0 Å². The Hall–Kier alpha value is -2.23. The van der Waals surface area contributed by atoms with Gasteiger partial charge in [0.05, 0.1) is 5.56 Å². The number of benzene rings is 1. The summed E-state index contributed by atoms with van der Waals surface area (Å²) in [6, 6.07) is 11.3. The van der Waals surface area contributed by atoms with E-state index in [2.05, 4.69) is 17.0 Å². The van der Waals surface area contributed by atoms with E-state index in [0.717, 1.165) is 25.9 Å². The van der Waals surface area contributed by atoms with Gasteiger partial charge in [-0.05, 0) is 37.1 Å². The van der Waals surface area contributed by atoms with Crippen LogP contribution >= 0.6 is 0 Å². The molecule has 1 aromatic heterocycles. The van der Waals surface area contributed by atoms with Crippen molar-refractivity contribution in [1.82, 2.24) is 9.47 Å². The fourth-order valence-corrected chi connectivity index (χ4v) is 2.78. The van der Waals surface area contributed by atoms with Gasteiger partial charge in [-0.25, -0.2) is 0 Å². The molecule has 0 spiro atoms. The smallest absolute Gasteiger partial charge is 0.257 e. The highest BCUT2D eigenvalue weighted by atomic mass is 16.3. The molecule has 1 aliphatic rings. The number of hydrogen-bond donors (Lipinski definition) is 1. The van der Waals surface area contributed by atoms with E-state index in [4.69, 9.17) is 0 Å². The molecule has 20 heavy (non-hydrogen) atoms. The van der Waals surface area contributed by atoms with Crippen molar-refractivity contribution in [3.8, 4) is 5.75 Å². The minimum atomic E-state index is -0.0749. The largest absolute Gasteiger partial charge is 0.507 e. The molecule has 0 saturated carbocycles. The standard InChI is InChI=1S/C16H18N2O2/c19-15-6-2-1-5-14(15)16(20)18-11-7-13(8-12-18)17-9-3-4-10-17/h1-6,9-10,13,19H,7-8,11-12H2. The summed E-state index contributed by atoms with van der Waals surface area (Å²) in [6.07, 6.45) is 6.05. The second-order valence-corrected chi connectivity index (χ2v) is 5.17. The number of phenolic OH excluding ortho intramolecular Hbond substituents is 1. The topological polar surface area (TPSA) is 45.5 Å². The molecule has 4 heteroatoms. The van der Waals surface area contributed by atoms with Crippen LogP contribution in [-0.4, -0.2) is 33.6 Å². The Balaban J connectivity index is 1.66. The first-order valence-electron chi connectivity index (χ1n) is 6.95. The maximum absolute atomic E-state index is 12.4. The zero-order valence-electron chi connectivity index (χ0n) is 11.3. The summed E-state index contributed by atoms with van der Waals surface area (Å²) in [5.41, 5.74) is 0.395. The molecule has 0 unspecified atom stereocenters. The molecule has 4 nitrogen and oxygen atoms in total. The molecule has 2 aromatic rings. The molecule has 1 aromatic carbocycles. The Morgan fingerprint density at radius 1 is 1.05 bits per heavy atom. The molecule has 2 heterocycles. The van der Waals surface area contributed by atoms with E-state index in [1.165, 1.54) is 0 Å². The first kappa shape index (κ1) is 12.8. The van der Waals surface area contributed by atoms with Crippen LogP contribution < -0.4 is 0 Å². The van der Waals surface area contributed by atoms with E-state index < -0.39 is 0 Å². The normalized spacial score (nSPS) is 16.3. The molecule has 0 aliphatic carbocycles. The molecule has 1 aliphatic heterocycles. The van der Waals surface area contributed by atoms with Gasteiger partial charge in [-0.1, -0.05) is 12.1 Å². The SMILES string of the molecule is O=C(c1ccccc1O)N1CCC(n2cccc2)CC1. The van der Waals surface area contributed by atoms with Gasteiger partial charge in [0.2, 0.25) is 0 Å². The highest BCUT2D eigenvalue weighted by Gasteiger charge is 2.25. The minimum absolute atomic E-state index is 0.0602. The zero-order chi connectivity index (χ0) is 13.9. The lowest BCUT2D eigenvalue weighted by molar-refractivity contribution is 0.0691. The van der Waals surface area contributed by atoms with E-state index in [1.54, 1.807) is 24.3 Å². The number of nitrogens with zero attached hydrogens (tertiary/aromatic N) is 2. The molecule has 1 saturated heterocycles. The Bertz CT molecular complexity index is 584. The number of carbonyl (C=O) groups excluding carboxylic acids is 1. The van der Waals surface area contributed by atoms with Crippen molar-refractivity contribution >= 4 is 5.91 Å². The lowest BCUT2D eigenvalue weighted by atomic mass is 10.0. The fourth-order valence-electron chi connectivity index (χ4n) is 2.78. The van der Waals surface area contributed by atoms with Gasteiger partial charge in [0.15, 0.2) is 0 Å². The number of rotatable bonds is 2. The first-order chi connectivity index (χ1) is 9.75. The summed E-state index contributed by atoms with van der Waals surface area (Å²) < 4.78 is 2.21. The van der Waals surface area contributed by atoms with Gasteiger partial charge in [0.1, 0.15) is 5.75 Å². The van der Waals surface area contributed by atoms with Crippen LogP contribution in [0, 0.1) is 0 Å². The number of aromatic hydroxyl groups is 1. The Morgan fingerprint density at radius 3 is 2.35 bits per heavy atom. The maximum atomic E-state index is 12.4. The number of para-hydroxylation sites is 1. The van der Waals surface area contributed by atoms with Crippen LogP contribution in [0.1, 0.15) is 29.2 Å². The Labute approximate surface area is 118 Å². The van der Waals surface area contributed by atoms with Crippen molar-refractivity contribution in [3.05, 3.63) is 54.4 Å². The lowest BCUT2D eigenvalue weighted by Crippen LogP contribution is -2.38. The third-order valence-electron chi connectivity index (χ3n) is 3.94. The summed E-state index contributed by atoms with van der Waals surface area (Å²) in [7, 11) is 0. The quantitative estimate of drug-likeness (QED) is 0.912. The summed E-state index contributed by atoms with van der Waals surface area (Å²) in [6.45, 7) is 1.46. The van der Waals surface area contributed by atoms with E-state index in [1.807, 2.05) is 17.0 Å². The van der Waals surface area contributed by atoms with Gasteiger partial charge in [0.25, 0.3) is 5.91 Å². The predicted molar refractivity (Wildman–Crippen MR) is 76.7 cm³/mol. The van der Waals surface area contributed by atoms with Crippen molar-refractivity contribution in [2.45, 2.75) is 18.9 Å². The molecule has 1 amide bonds. The second-order valence-electron chi connectivity index (χ2n) is 5.17. The van der Waals surface area contributed by atoms with Gasteiger partial charge in [-0.2, -0.15) is 0 Å². The van der Waals surface area contributed by atoms with E-state index in [-0.39, 0.29) is 11.7 Å². The van der Waals surface area contributed by atoms with Crippen LogP contribution in [0.4, 0.5) is 0 Å². The van der Waals surface area contributed by atoms with Crippen LogP contribution in [0.3, 0.4) is 0 Å². The summed E-state index contributed by atoms with van der Waals surface area (Å²) in [5, 5.41) is 9.76. The fraction of sp³-hybridized carbons (Fsp3) is 0.312. The third-order valence-corrected chi connectivity index (χ3v) is 3.94. The van der Waals surface area contributed by atoms with Crippen molar-refractivity contribution in [2.75, 3.05) is 13.1 Å². The molecule has 0 bridgehead atoms. The van der Waals surface area contributed by atoms with E-state index in [0.29, 0.717) is 11.6 Å². The Morgan fingerprint density at radius 2 is 1.70 bits per heavy atom. The number of piperidine rings is 1. The van der Waals surface area contributed by atoms with Crippen molar-refractivity contribution < 1.29 is 9.90 Å². The second kappa shape index (κ2) is 5.41. The lowest BCUT2D eigenvalue weighted by Gasteiger charge is -2.33. The van der Waals surface area contributed by atoms with Gasteiger partial charge in [-0.15, -0.1) is 0 Å². The monoisotopic (exact) mass is 270 g/mol. The molecule has 0 radical (unpaired) electrons. The summed E-state index contributed by atoms with van der Waals surface area (Å²) >= 11 is 0. The van der Waals surface area contributed by atoms with Gasteiger partial charge >= 0.3 is 0 Å². The van der Waals surface area contributed by atoms with E-state index in [9.17, 15) is 9.90 Å². The van der Waals surface area contributed by atoms with Crippen LogP contribution in [-0.2, 0) is 0 Å². The summed E-state index contributed by atoms with van der Waals surface area (Å²) in [4.78, 5) is 14.2. The molecule has 104 valence electrons. The molecular formula is C16H18N2O2. The molecule has 1 fully saturated rings. The molecule has 0 atom stereocenters. The van der Waals surface area contributed by atoms with E-state index >= 15 is 0 Å².